The molecule has 0 heterocycles. The van der Waals surface area contributed by atoms with Gasteiger partial charge in [-0.1, -0.05) is 35.9 Å². The third-order valence-electron chi connectivity index (χ3n) is 4.04. The van der Waals surface area contributed by atoms with Crippen molar-refractivity contribution in [2.24, 2.45) is 5.10 Å². The van der Waals surface area contributed by atoms with Crippen LogP contribution < -0.4 is 15.5 Å². The maximum absolute atomic E-state index is 13.2. The number of nitrogens with zero attached hydrogens (tertiary/aromatic N) is 1. The number of halogens is 1. The van der Waals surface area contributed by atoms with Crippen molar-refractivity contribution in [1.29, 1.82) is 0 Å². The monoisotopic (exact) mass is 405 g/mol. The van der Waals surface area contributed by atoms with Crippen molar-refractivity contribution in [3.05, 3.63) is 95.3 Å². The SMILES string of the molecule is Cc1ccc(NCC(=O)NN=Cc2cccc(OC(=O)c3cccc(F)c3)c2)cc1. The van der Waals surface area contributed by atoms with E-state index in [4.69, 9.17) is 4.74 Å². The summed E-state index contributed by atoms with van der Waals surface area (Å²) in [5.41, 5.74) is 5.13. The van der Waals surface area contributed by atoms with Gasteiger partial charge < -0.3 is 10.1 Å². The van der Waals surface area contributed by atoms with Gasteiger partial charge in [0.1, 0.15) is 11.6 Å². The smallest absolute Gasteiger partial charge is 0.343 e. The lowest BCUT2D eigenvalue weighted by Gasteiger charge is -2.06. The van der Waals surface area contributed by atoms with E-state index >= 15 is 0 Å². The van der Waals surface area contributed by atoms with E-state index in [0.29, 0.717) is 5.56 Å². The highest BCUT2D eigenvalue weighted by Gasteiger charge is 2.09. The van der Waals surface area contributed by atoms with Gasteiger partial charge in [-0.3, -0.25) is 4.79 Å². The predicted octanol–water partition coefficient (Wildman–Crippen LogP) is 3.92. The van der Waals surface area contributed by atoms with Crippen LogP contribution in [0.1, 0.15) is 21.5 Å². The van der Waals surface area contributed by atoms with E-state index in [0.717, 1.165) is 17.3 Å². The summed E-state index contributed by atoms with van der Waals surface area (Å²) in [5, 5.41) is 6.90. The first kappa shape index (κ1) is 20.7. The van der Waals surface area contributed by atoms with Gasteiger partial charge in [0.05, 0.1) is 18.3 Å². The number of carbonyl (C=O) groups is 2. The van der Waals surface area contributed by atoms with Crippen LogP contribution in [0.25, 0.3) is 0 Å². The van der Waals surface area contributed by atoms with Crippen LogP contribution in [0.2, 0.25) is 0 Å². The van der Waals surface area contributed by atoms with E-state index in [1.165, 1.54) is 24.4 Å². The number of hydrogen-bond donors (Lipinski definition) is 2. The van der Waals surface area contributed by atoms with E-state index in [2.05, 4.69) is 15.8 Å². The topological polar surface area (TPSA) is 79.8 Å². The Bertz CT molecular complexity index is 1070. The van der Waals surface area contributed by atoms with E-state index in [1.54, 1.807) is 24.3 Å². The van der Waals surface area contributed by atoms with Gasteiger partial charge in [-0.05, 0) is 55.0 Å². The van der Waals surface area contributed by atoms with E-state index in [1.807, 2.05) is 31.2 Å². The summed E-state index contributed by atoms with van der Waals surface area (Å²) in [6.45, 7) is 2.06. The first-order valence-electron chi connectivity index (χ1n) is 9.20. The van der Waals surface area contributed by atoms with Crippen LogP contribution >= 0.6 is 0 Å². The highest BCUT2D eigenvalue weighted by atomic mass is 19.1. The van der Waals surface area contributed by atoms with Crippen LogP contribution in [-0.2, 0) is 4.79 Å². The summed E-state index contributed by atoms with van der Waals surface area (Å²) < 4.78 is 18.5. The number of nitrogens with one attached hydrogen (secondary N) is 2. The minimum absolute atomic E-state index is 0.0751. The molecule has 0 bridgehead atoms. The number of hydrazone groups is 1. The average molecular weight is 405 g/mol. The van der Waals surface area contributed by atoms with E-state index in [9.17, 15) is 14.0 Å². The first-order chi connectivity index (χ1) is 14.5. The van der Waals surface area contributed by atoms with Crippen molar-refractivity contribution in [3.63, 3.8) is 0 Å². The Labute approximate surface area is 173 Å². The summed E-state index contributed by atoms with van der Waals surface area (Å²) in [6.07, 6.45) is 1.43. The molecular formula is C23H20FN3O3. The van der Waals surface area contributed by atoms with E-state index < -0.39 is 11.8 Å². The van der Waals surface area contributed by atoms with Gasteiger partial charge in [-0.25, -0.2) is 14.6 Å². The Balaban J connectivity index is 1.51. The van der Waals surface area contributed by atoms with Crippen LogP contribution in [0.4, 0.5) is 10.1 Å². The van der Waals surface area contributed by atoms with E-state index in [-0.39, 0.29) is 23.8 Å². The molecule has 3 aromatic carbocycles. The van der Waals surface area contributed by atoms with Crippen LogP contribution in [0.3, 0.4) is 0 Å². The van der Waals surface area contributed by atoms with Crippen molar-refractivity contribution in [3.8, 4) is 5.75 Å². The molecule has 0 aliphatic carbocycles. The second-order valence-electron chi connectivity index (χ2n) is 6.49. The van der Waals surface area contributed by atoms with Crippen LogP contribution in [-0.4, -0.2) is 24.6 Å². The molecule has 6 nitrogen and oxygen atoms in total. The van der Waals surface area contributed by atoms with Gasteiger partial charge in [0, 0.05) is 5.69 Å². The van der Waals surface area contributed by atoms with Crippen LogP contribution in [0.15, 0.2) is 77.9 Å². The lowest BCUT2D eigenvalue weighted by atomic mass is 10.2. The highest BCUT2D eigenvalue weighted by Crippen LogP contribution is 2.15. The van der Waals surface area contributed by atoms with Gasteiger partial charge in [0.2, 0.25) is 0 Å². The molecule has 0 saturated heterocycles. The van der Waals surface area contributed by atoms with Gasteiger partial charge in [0.25, 0.3) is 5.91 Å². The van der Waals surface area contributed by atoms with Crippen molar-refractivity contribution in [2.75, 3.05) is 11.9 Å². The molecular weight excluding hydrogens is 385 g/mol. The Morgan fingerprint density at radius 2 is 1.80 bits per heavy atom. The van der Waals surface area contributed by atoms with Crippen molar-refractivity contribution in [1.82, 2.24) is 5.43 Å². The molecule has 0 aliphatic rings. The summed E-state index contributed by atoms with van der Waals surface area (Å²) in [6, 6.07) is 19.5. The normalized spacial score (nSPS) is 10.6. The fourth-order valence-corrected chi connectivity index (χ4v) is 2.51. The lowest BCUT2D eigenvalue weighted by Crippen LogP contribution is -2.25. The number of anilines is 1. The highest BCUT2D eigenvalue weighted by molar-refractivity contribution is 5.91. The third-order valence-corrected chi connectivity index (χ3v) is 4.04. The molecule has 0 fully saturated rings. The fourth-order valence-electron chi connectivity index (χ4n) is 2.51. The molecule has 0 aromatic heterocycles. The molecule has 30 heavy (non-hydrogen) atoms. The number of benzene rings is 3. The Morgan fingerprint density at radius 1 is 1.03 bits per heavy atom. The molecule has 0 spiro atoms. The molecule has 0 aliphatic heterocycles. The zero-order valence-electron chi connectivity index (χ0n) is 16.3. The quantitative estimate of drug-likeness (QED) is 0.270. The lowest BCUT2D eigenvalue weighted by molar-refractivity contribution is -0.119. The molecule has 7 heteroatoms. The number of aryl methyl sites for hydroxylation is 1. The van der Waals surface area contributed by atoms with Gasteiger partial charge in [-0.2, -0.15) is 5.10 Å². The largest absolute Gasteiger partial charge is 0.423 e. The molecule has 0 atom stereocenters. The summed E-state index contributed by atoms with van der Waals surface area (Å²) >= 11 is 0. The third kappa shape index (κ3) is 6.27. The fraction of sp³-hybridized carbons (Fsp3) is 0.0870. The Hall–Kier alpha value is -4.00. The van der Waals surface area contributed by atoms with Crippen LogP contribution in [0.5, 0.6) is 5.75 Å². The summed E-state index contributed by atoms with van der Waals surface area (Å²) in [7, 11) is 0. The number of ether oxygens (including phenoxy) is 1. The molecule has 0 saturated carbocycles. The summed E-state index contributed by atoms with van der Waals surface area (Å²) in [4.78, 5) is 24.0. The van der Waals surface area contributed by atoms with Gasteiger partial charge >= 0.3 is 5.97 Å². The second-order valence-corrected chi connectivity index (χ2v) is 6.49. The van der Waals surface area contributed by atoms with Crippen molar-refractivity contribution in [2.45, 2.75) is 6.92 Å². The van der Waals surface area contributed by atoms with Crippen molar-refractivity contribution < 1.29 is 18.7 Å². The number of esters is 1. The number of rotatable bonds is 7. The molecule has 3 aromatic rings. The minimum Gasteiger partial charge on any atom is -0.423 e. The Kier molecular flexibility index (Phi) is 6.89. The van der Waals surface area contributed by atoms with Crippen molar-refractivity contribution >= 4 is 23.8 Å². The minimum atomic E-state index is -0.668. The van der Waals surface area contributed by atoms with Gasteiger partial charge in [0.15, 0.2) is 0 Å². The standard InChI is InChI=1S/C23H20FN3O3/c1-16-8-10-20(11-9-16)25-15-22(28)27-26-14-17-4-2-7-21(12-17)30-23(29)18-5-3-6-19(24)13-18/h2-14,25H,15H2,1H3,(H,27,28). The summed E-state index contributed by atoms with van der Waals surface area (Å²) in [5.74, 6) is -1.21. The zero-order chi connectivity index (χ0) is 21.3. The molecule has 152 valence electrons. The number of hydrogen-bond acceptors (Lipinski definition) is 5. The maximum atomic E-state index is 13.2. The number of amides is 1. The molecule has 3 rings (SSSR count). The second kappa shape index (κ2) is 9.97. The molecule has 2 N–H and O–H groups in total. The first-order valence-corrected chi connectivity index (χ1v) is 9.20. The zero-order valence-corrected chi connectivity index (χ0v) is 16.3. The molecule has 0 unspecified atom stereocenters. The maximum Gasteiger partial charge on any atom is 0.343 e. The molecule has 1 amide bonds. The number of carbonyl (C=O) groups excluding carboxylic acids is 2. The molecule has 0 radical (unpaired) electrons. The predicted molar refractivity (Wildman–Crippen MR) is 113 cm³/mol. The van der Waals surface area contributed by atoms with Gasteiger partial charge in [-0.15, -0.1) is 0 Å². The van der Waals surface area contributed by atoms with Crippen LogP contribution in [0, 0.1) is 12.7 Å². The Morgan fingerprint density at radius 3 is 2.57 bits per heavy atom. The average Bonchev–Trinajstić information content (AvgIpc) is 2.73.